The first-order chi connectivity index (χ1) is 10.1. The predicted octanol–water partition coefficient (Wildman–Crippen LogP) is 4.23. The summed E-state index contributed by atoms with van der Waals surface area (Å²) in [6.45, 7) is 4.95. The van der Waals surface area contributed by atoms with Crippen LogP contribution in [0.1, 0.15) is 29.3 Å². The van der Waals surface area contributed by atoms with Crippen LogP contribution < -0.4 is 10.6 Å². The Morgan fingerprint density at radius 1 is 1.29 bits per heavy atom. The highest BCUT2D eigenvalue weighted by Crippen LogP contribution is 2.20. The van der Waals surface area contributed by atoms with E-state index in [0.29, 0.717) is 5.56 Å². The SMILES string of the molecule is CCCNc1ccc(C(=O)Nc2ccc(Br)c(C)c2)cn1. The molecule has 1 amide bonds. The van der Waals surface area contributed by atoms with Gasteiger partial charge in [-0.15, -0.1) is 0 Å². The number of pyridine rings is 1. The molecular weight excluding hydrogens is 330 g/mol. The van der Waals surface area contributed by atoms with Crippen LogP contribution in [0.5, 0.6) is 0 Å². The first-order valence-electron chi connectivity index (χ1n) is 6.87. The molecule has 0 bridgehead atoms. The summed E-state index contributed by atoms with van der Waals surface area (Å²) in [4.78, 5) is 16.4. The average molecular weight is 348 g/mol. The fourth-order valence-electron chi connectivity index (χ4n) is 1.81. The summed E-state index contributed by atoms with van der Waals surface area (Å²) in [6.07, 6.45) is 2.62. The van der Waals surface area contributed by atoms with Crippen LogP contribution in [0.3, 0.4) is 0 Å². The number of hydrogen-bond donors (Lipinski definition) is 2. The molecule has 21 heavy (non-hydrogen) atoms. The molecule has 1 aromatic carbocycles. The minimum absolute atomic E-state index is 0.161. The Morgan fingerprint density at radius 3 is 2.71 bits per heavy atom. The quantitative estimate of drug-likeness (QED) is 0.850. The first-order valence-corrected chi connectivity index (χ1v) is 7.67. The Hall–Kier alpha value is -1.88. The van der Waals surface area contributed by atoms with Gasteiger partial charge in [-0.3, -0.25) is 4.79 Å². The van der Waals surface area contributed by atoms with Crippen molar-refractivity contribution in [1.29, 1.82) is 0 Å². The van der Waals surface area contributed by atoms with Crippen LogP contribution in [0.4, 0.5) is 11.5 Å². The van der Waals surface area contributed by atoms with E-state index in [4.69, 9.17) is 0 Å². The van der Waals surface area contributed by atoms with Crippen LogP contribution in [0.2, 0.25) is 0 Å². The van der Waals surface area contributed by atoms with Gasteiger partial charge in [-0.1, -0.05) is 22.9 Å². The molecule has 0 fully saturated rings. The van der Waals surface area contributed by atoms with E-state index in [1.165, 1.54) is 0 Å². The number of benzene rings is 1. The topological polar surface area (TPSA) is 54.0 Å². The van der Waals surface area contributed by atoms with Crippen molar-refractivity contribution in [2.45, 2.75) is 20.3 Å². The van der Waals surface area contributed by atoms with Crippen LogP contribution in [0.15, 0.2) is 41.0 Å². The summed E-state index contributed by atoms with van der Waals surface area (Å²) in [7, 11) is 0. The number of halogens is 1. The largest absolute Gasteiger partial charge is 0.370 e. The van der Waals surface area contributed by atoms with Gasteiger partial charge in [0.15, 0.2) is 0 Å². The fourth-order valence-corrected chi connectivity index (χ4v) is 2.06. The number of carbonyl (C=O) groups is 1. The minimum atomic E-state index is -0.161. The van der Waals surface area contributed by atoms with E-state index in [-0.39, 0.29) is 5.91 Å². The molecule has 2 aromatic rings. The zero-order valence-corrected chi connectivity index (χ0v) is 13.7. The summed E-state index contributed by atoms with van der Waals surface area (Å²) in [5, 5.41) is 6.04. The van der Waals surface area contributed by atoms with Crippen LogP contribution in [0.25, 0.3) is 0 Å². The number of amides is 1. The van der Waals surface area contributed by atoms with Gasteiger partial charge in [0, 0.05) is 22.9 Å². The second-order valence-electron chi connectivity index (χ2n) is 4.78. The number of anilines is 2. The molecule has 1 aromatic heterocycles. The Morgan fingerprint density at radius 2 is 2.10 bits per heavy atom. The van der Waals surface area contributed by atoms with Crippen molar-refractivity contribution in [2.24, 2.45) is 0 Å². The summed E-state index contributed by atoms with van der Waals surface area (Å²) < 4.78 is 1.02. The van der Waals surface area contributed by atoms with Crippen molar-refractivity contribution >= 4 is 33.3 Å². The summed E-state index contributed by atoms with van der Waals surface area (Å²) in [6, 6.07) is 9.29. The van der Waals surface area contributed by atoms with E-state index in [9.17, 15) is 4.79 Å². The van der Waals surface area contributed by atoms with Crippen molar-refractivity contribution in [1.82, 2.24) is 4.98 Å². The molecule has 1 heterocycles. The molecule has 4 nitrogen and oxygen atoms in total. The van der Waals surface area contributed by atoms with Gasteiger partial charge in [0.25, 0.3) is 5.91 Å². The molecule has 0 spiro atoms. The van der Waals surface area contributed by atoms with Crippen molar-refractivity contribution < 1.29 is 4.79 Å². The van der Waals surface area contributed by atoms with Crippen molar-refractivity contribution in [2.75, 3.05) is 17.2 Å². The van der Waals surface area contributed by atoms with Crippen molar-refractivity contribution in [3.8, 4) is 0 Å². The average Bonchev–Trinajstić information content (AvgIpc) is 2.49. The lowest BCUT2D eigenvalue weighted by Gasteiger charge is -2.08. The highest BCUT2D eigenvalue weighted by atomic mass is 79.9. The predicted molar refractivity (Wildman–Crippen MR) is 89.8 cm³/mol. The molecule has 2 rings (SSSR count). The second kappa shape index (κ2) is 7.22. The van der Waals surface area contributed by atoms with Crippen LogP contribution in [-0.4, -0.2) is 17.4 Å². The van der Waals surface area contributed by atoms with E-state index >= 15 is 0 Å². The van der Waals surface area contributed by atoms with E-state index < -0.39 is 0 Å². The number of carbonyl (C=O) groups excluding carboxylic acids is 1. The smallest absolute Gasteiger partial charge is 0.257 e. The summed E-state index contributed by atoms with van der Waals surface area (Å²) in [5.74, 6) is 0.624. The number of aryl methyl sites for hydroxylation is 1. The third-order valence-electron chi connectivity index (χ3n) is 3.00. The maximum absolute atomic E-state index is 12.2. The molecule has 110 valence electrons. The minimum Gasteiger partial charge on any atom is -0.370 e. The molecule has 0 radical (unpaired) electrons. The third kappa shape index (κ3) is 4.29. The lowest BCUT2D eigenvalue weighted by Crippen LogP contribution is -2.12. The van der Waals surface area contributed by atoms with Gasteiger partial charge in [0.1, 0.15) is 5.82 Å². The molecule has 0 saturated heterocycles. The number of nitrogens with zero attached hydrogens (tertiary/aromatic N) is 1. The van der Waals surface area contributed by atoms with Gasteiger partial charge in [-0.25, -0.2) is 4.98 Å². The zero-order chi connectivity index (χ0) is 15.2. The molecule has 2 N–H and O–H groups in total. The fraction of sp³-hybridized carbons (Fsp3) is 0.250. The first kappa shape index (κ1) is 15.5. The molecule has 0 aliphatic heterocycles. The van der Waals surface area contributed by atoms with Crippen LogP contribution in [0, 0.1) is 6.92 Å². The van der Waals surface area contributed by atoms with Gasteiger partial charge in [0.2, 0.25) is 0 Å². The number of hydrogen-bond acceptors (Lipinski definition) is 3. The van der Waals surface area contributed by atoms with Crippen molar-refractivity contribution in [3.05, 3.63) is 52.1 Å². The molecule has 0 aliphatic carbocycles. The van der Waals surface area contributed by atoms with E-state index in [1.807, 2.05) is 31.2 Å². The Bertz CT molecular complexity index is 626. The lowest BCUT2D eigenvalue weighted by molar-refractivity contribution is 0.102. The summed E-state index contributed by atoms with van der Waals surface area (Å²) in [5.41, 5.74) is 2.39. The number of rotatable bonds is 5. The Balaban J connectivity index is 2.04. The zero-order valence-electron chi connectivity index (χ0n) is 12.1. The highest BCUT2D eigenvalue weighted by molar-refractivity contribution is 9.10. The third-order valence-corrected chi connectivity index (χ3v) is 3.89. The normalized spacial score (nSPS) is 10.2. The van der Waals surface area contributed by atoms with Crippen LogP contribution >= 0.6 is 15.9 Å². The van der Waals surface area contributed by atoms with Gasteiger partial charge in [-0.2, -0.15) is 0 Å². The van der Waals surface area contributed by atoms with Gasteiger partial charge < -0.3 is 10.6 Å². The monoisotopic (exact) mass is 347 g/mol. The van der Waals surface area contributed by atoms with Crippen molar-refractivity contribution in [3.63, 3.8) is 0 Å². The molecule has 0 saturated carbocycles. The number of nitrogens with one attached hydrogen (secondary N) is 2. The van der Waals surface area contributed by atoms with E-state index in [2.05, 4.69) is 38.5 Å². The molecule has 0 aliphatic rings. The summed E-state index contributed by atoms with van der Waals surface area (Å²) >= 11 is 3.44. The lowest BCUT2D eigenvalue weighted by atomic mass is 10.2. The number of aromatic nitrogens is 1. The van der Waals surface area contributed by atoms with Gasteiger partial charge in [0.05, 0.1) is 5.56 Å². The van der Waals surface area contributed by atoms with Gasteiger partial charge >= 0.3 is 0 Å². The molecule has 0 atom stereocenters. The molecule has 0 unspecified atom stereocenters. The van der Waals surface area contributed by atoms with Crippen LogP contribution in [-0.2, 0) is 0 Å². The maximum atomic E-state index is 12.2. The Labute approximate surface area is 133 Å². The highest BCUT2D eigenvalue weighted by Gasteiger charge is 2.07. The van der Waals surface area contributed by atoms with E-state index in [0.717, 1.165) is 34.5 Å². The standard InChI is InChI=1S/C16H18BrN3O/c1-3-8-18-15-7-4-12(10-19-15)16(21)20-13-5-6-14(17)11(2)9-13/h4-7,9-10H,3,8H2,1-2H3,(H,18,19)(H,20,21). The molecule has 5 heteroatoms. The second-order valence-corrected chi connectivity index (χ2v) is 5.63. The maximum Gasteiger partial charge on any atom is 0.257 e. The van der Waals surface area contributed by atoms with E-state index in [1.54, 1.807) is 12.3 Å². The molecular formula is C16H18BrN3O. The Kier molecular flexibility index (Phi) is 5.33. The van der Waals surface area contributed by atoms with Gasteiger partial charge in [-0.05, 0) is 49.2 Å².